The van der Waals surface area contributed by atoms with Crippen molar-refractivity contribution in [3.05, 3.63) is 23.8 Å². The summed E-state index contributed by atoms with van der Waals surface area (Å²) in [6.45, 7) is 6.08. The number of Topliss-reactive ketones (excluding diaryl/α,β-unsaturated/α-hetero) is 1. The Morgan fingerprint density at radius 1 is 1.22 bits per heavy atom. The zero-order valence-corrected chi connectivity index (χ0v) is 18.7. The average molecular weight is 448 g/mol. The minimum Gasteiger partial charge on any atom is -0.475 e. The van der Waals surface area contributed by atoms with Crippen LogP contribution in [0.15, 0.2) is 23.8 Å². The number of carboxylic acids is 1. The standard InChI is InChI=1S/C24H29FO7/c1-12-9-17-16-6-5-14-10-15(27)7-8-21(14,3)23(16,25)18(28)11-22(17,4)24(12,32-13(2)26)19(29)20(30)31/h7-8,10,12,16-18,28H,5-6,9,11H2,1-4H3,(H,30,31)/t12-,16+,17+,18+,21+,22+,23+,24+/m1/s1. The Morgan fingerprint density at radius 3 is 2.47 bits per heavy atom. The molecule has 0 saturated heterocycles. The van der Waals surface area contributed by atoms with E-state index < -0.39 is 63.7 Å². The van der Waals surface area contributed by atoms with Gasteiger partial charge < -0.3 is 14.9 Å². The fourth-order valence-electron chi connectivity index (χ4n) is 7.66. The van der Waals surface area contributed by atoms with Crippen LogP contribution in [-0.2, 0) is 23.9 Å². The number of ether oxygens (including phenoxy) is 1. The number of ketones is 2. The highest BCUT2D eigenvalue weighted by atomic mass is 19.1. The van der Waals surface area contributed by atoms with Gasteiger partial charge in [-0.1, -0.05) is 25.5 Å². The minimum absolute atomic E-state index is 0.218. The summed E-state index contributed by atoms with van der Waals surface area (Å²) in [5.74, 6) is -5.86. The molecule has 8 atom stereocenters. The molecular weight excluding hydrogens is 419 g/mol. The molecule has 0 aromatic rings. The molecule has 0 bridgehead atoms. The van der Waals surface area contributed by atoms with E-state index in [4.69, 9.17) is 4.74 Å². The molecule has 7 nitrogen and oxygen atoms in total. The van der Waals surface area contributed by atoms with Crippen LogP contribution in [0.5, 0.6) is 0 Å². The summed E-state index contributed by atoms with van der Waals surface area (Å²) >= 11 is 0. The van der Waals surface area contributed by atoms with Crippen LogP contribution in [0.2, 0.25) is 0 Å². The van der Waals surface area contributed by atoms with Gasteiger partial charge in [0.15, 0.2) is 17.1 Å². The lowest BCUT2D eigenvalue weighted by Crippen LogP contribution is -2.70. The van der Waals surface area contributed by atoms with Crippen molar-refractivity contribution in [1.82, 2.24) is 0 Å². The van der Waals surface area contributed by atoms with E-state index in [0.717, 1.165) is 6.92 Å². The summed E-state index contributed by atoms with van der Waals surface area (Å²) in [6.07, 6.45) is 3.56. The first-order valence-corrected chi connectivity index (χ1v) is 11.0. The van der Waals surface area contributed by atoms with Crippen LogP contribution in [0.1, 0.15) is 53.4 Å². The number of carbonyl (C=O) groups excluding carboxylic acids is 3. The van der Waals surface area contributed by atoms with Crippen molar-refractivity contribution in [2.75, 3.05) is 0 Å². The first-order valence-electron chi connectivity index (χ1n) is 11.0. The highest BCUT2D eigenvalue weighted by Crippen LogP contribution is 2.71. The maximum absolute atomic E-state index is 17.1. The van der Waals surface area contributed by atoms with Crippen molar-refractivity contribution in [2.24, 2.45) is 28.6 Å². The van der Waals surface area contributed by atoms with Gasteiger partial charge in [-0.3, -0.25) is 14.4 Å². The maximum Gasteiger partial charge on any atom is 0.376 e. The average Bonchev–Trinajstić information content (AvgIpc) is 2.90. The minimum atomic E-state index is -2.11. The molecule has 0 heterocycles. The number of carbonyl (C=O) groups is 4. The fraction of sp³-hybridized carbons (Fsp3) is 0.667. The van der Waals surface area contributed by atoms with E-state index in [-0.39, 0.29) is 18.6 Å². The van der Waals surface area contributed by atoms with Gasteiger partial charge in [0.25, 0.3) is 5.78 Å². The third-order valence-corrected chi connectivity index (χ3v) is 9.02. The molecule has 0 radical (unpaired) electrons. The number of rotatable bonds is 3. The third kappa shape index (κ3) is 2.50. The molecule has 0 aromatic carbocycles. The molecule has 3 saturated carbocycles. The van der Waals surface area contributed by atoms with Gasteiger partial charge in [-0.15, -0.1) is 0 Å². The molecule has 2 N–H and O–H groups in total. The monoisotopic (exact) mass is 448 g/mol. The van der Waals surface area contributed by atoms with Crippen molar-refractivity contribution in [3.63, 3.8) is 0 Å². The van der Waals surface area contributed by atoms with Gasteiger partial charge >= 0.3 is 11.9 Å². The predicted molar refractivity (Wildman–Crippen MR) is 110 cm³/mol. The van der Waals surface area contributed by atoms with E-state index in [1.165, 1.54) is 18.2 Å². The Kier molecular flexibility index (Phi) is 4.87. The number of alkyl halides is 1. The number of aliphatic carboxylic acids is 1. The molecular formula is C24H29FO7. The van der Waals surface area contributed by atoms with Gasteiger partial charge in [0.05, 0.1) is 6.10 Å². The van der Waals surface area contributed by atoms with Crippen LogP contribution < -0.4 is 0 Å². The van der Waals surface area contributed by atoms with Crippen LogP contribution in [-0.4, -0.2) is 51.1 Å². The highest BCUT2D eigenvalue weighted by molar-refractivity contribution is 6.36. The molecule has 4 aliphatic rings. The summed E-state index contributed by atoms with van der Waals surface area (Å²) in [5, 5.41) is 20.9. The molecule has 0 amide bonds. The van der Waals surface area contributed by atoms with Crippen LogP contribution in [0.25, 0.3) is 0 Å². The van der Waals surface area contributed by atoms with Crippen LogP contribution in [0.4, 0.5) is 4.39 Å². The van der Waals surface area contributed by atoms with Gasteiger partial charge in [-0.05, 0) is 50.7 Å². The molecule has 4 aliphatic carbocycles. The van der Waals surface area contributed by atoms with E-state index in [9.17, 15) is 29.4 Å². The summed E-state index contributed by atoms with van der Waals surface area (Å²) in [6, 6.07) is 0. The number of hydrogen-bond acceptors (Lipinski definition) is 6. The molecule has 0 spiro atoms. The summed E-state index contributed by atoms with van der Waals surface area (Å²) in [5.41, 5.74) is -5.94. The second kappa shape index (κ2) is 6.83. The Bertz CT molecular complexity index is 985. The number of fused-ring (bicyclic) bond motifs is 5. The van der Waals surface area contributed by atoms with Gasteiger partial charge in [0.1, 0.15) is 0 Å². The normalized spacial score (nSPS) is 47.1. The van der Waals surface area contributed by atoms with Gasteiger partial charge in [0.2, 0.25) is 0 Å². The predicted octanol–water partition coefficient (Wildman–Crippen LogP) is 2.56. The topological polar surface area (TPSA) is 118 Å². The largest absolute Gasteiger partial charge is 0.475 e. The lowest BCUT2D eigenvalue weighted by Gasteiger charge is -2.62. The second-order valence-electron chi connectivity index (χ2n) is 10.4. The number of esters is 1. The van der Waals surface area contributed by atoms with Gasteiger partial charge in [0, 0.05) is 29.6 Å². The maximum atomic E-state index is 17.1. The number of hydrogen-bond donors (Lipinski definition) is 2. The smallest absolute Gasteiger partial charge is 0.376 e. The zero-order chi connectivity index (χ0) is 23.9. The Balaban J connectivity index is 1.88. The van der Waals surface area contributed by atoms with E-state index in [0.29, 0.717) is 18.4 Å². The first kappa shape index (κ1) is 22.8. The van der Waals surface area contributed by atoms with Crippen molar-refractivity contribution in [3.8, 4) is 0 Å². The molecule has 3 fully saturated rings. The molecule has 4 rings (SSSR count). The Labute approximate surface area is 185 Å². The molecule has 0 aliphatic heterocycles. The molecule has 8 heteroatoms. The second-order valence-corrected chi connectivity index (χ2v) is 10.4. The number of aliphatic hydroxyl groups is 1. The summed E-state index contributed by atoms with van der Waals surface area (Å²) in [7, 11) is 0. The van der Waals surface area contributed by atoms with Crippen molar-refractivity contribution < 1.29 is 38.5 Å². The molecule has 0 aromatic heterocycles. The SMILES string of the molecule is CC(=O)O[C@]1(C(=O)C(=O)O)[C@H](C)C[C@H]2[C@@H]3CCC4=CC(=O)C=C[C@]4(C)[C@@]3(F)[C@@H](O)C[C@@]21C. The summed E-state index contributed by atoms with van der Waals surface area (Å²) < 4.78 is 22.6. The van der Waals surface area contributed by atoms with E-state index in [1.54, 1.807) is 20.8 Å². The molecule has 0 unspecified atom stereocenters. The number of allylic oxidation sites excluding steroid dienone is 4. The fourth-order valence-corrected chi connectivity index (χ4v) is 7.66. The van der Waals surface area contributed by atoms with Crippen molar-refractivity contribution in [1.29, 1.82) is 0 Å². The quantitative estimate of drug-likeness (QED) is 0.503. The molecule has 32 heavy (non-hydrogen) atoms. The van der Waals surface area contributed by atoms with E-state index in [2.05, 4.69) is 0 Å². The summed E-state index contributed by atoms with van der Waals surface area (Å²) in [4.78, 5) is 48.8. The van der Waals surface area contributed by atoms with Crippen LogP contribution >= 0.6 is 0 Å². The van der Waals surface area contributed by atoms with Crippen LogP contribution in [0, 0.1) is 28.6 Å². The van der Waals surface area contributed by atoms with Gasteiger partial charge in [-0.25, -0.2) is 9.18 Å². The number of carboxylic acid groups (broad SMARTS) is 1. The van der Waals surface area contributed by atoms with Gasteiger partial charge in [-0.2, -0.15) is 0 Å². The Morgan fingerprint density at radius 2 is 1.88 bits per heavy atom. The van der Waals surface area contributed by atoms with Crippen molar-refractivity contribution >= 4 is 23.5 Å². The Hall–Kier alpha value is -2.35. The van der Waals surface area contributed by atoms with Crippen molar-refractivity contribution in [2.45, 2.75) is 70.8 Å². The number of aliphatic hydroxyl groups excluding tert-OH is 1. The lowest BCUT2D eigenvalue weighted by atomic mass is 9.44. The zero-order valence-electron chi connectivity index (χ0n) is 18.7. The first-order chi connectivity index (χ1) is 14.8. The highest BCUT2D eigenvalue weighted by Gasteiger charge is 2.77. The van der Waals surface area contributed by atoms with E-state index >= 15 is 4.39 Å². The third-order valence-electron chi connectivity index (χ3n) is 9.02. The lowest BCUT2D eigenvalue weighted by molar-refractivity contribution is -0.227. The number of halogens is 1. The molecule has 174 valence electrons. The van der Waals surface area contributed by atoms with E-state index in [1.807, 2.05) is 0 Å². The van der Waals surface area contributed by atoms with Crippen LogP contribution in [0.3, 0.4) is 0 Å².